The number of hydrogen-bond donors (Lipinski definition) is 3. The molecule has 9 rings (SSSR count). The van der Waals surface area contributed by atoms with Crippen LogP contribution < -0.4 is 11.5 Å². The van der Waals surface area contributed by atoms with E-state index in [1.807, 2.05) is 52.4 Å². The molecule has 4 aliphatic rings. The summed E-state index contributed by atoms with van der Waals surface area (Å²) < 4.78 is 61.4. The first kappa shape index (κ1) is 42.0. The third kappa shape index (κ3) is 8.62. The Morgan fingerprint density at radius 1 is 0.712 bits per heavy atom. The lowest BCUT2D eigenvalue weighted by Gasteiger charge is -2.39. The van der Waals surface area contributed by atoms with Gasteiger partial charge in [0, 0.05) is 12.4 Å². The highest BCUT2D eigenvalue weighted by Gasteiger charge is 2.55. The number of imidazole rings is 3. The number of anilines is 2. The second-order valence-electron chi connectivity index (χ2n) is 16.2. The molecule has 4 saturated heterocycles. The fraction of sp³-hybridized carbons (Fsp3) is 0.562. The molecule has 5 N–H and O–H groups in total. The number of nitrogens with zero attached hydrogens (tertiary/aromatic N) is 10. The third-order valence-electron chi connectivity index (χ3n) is 9.88. The van der Waals surface area contributed by atoms with E-state index in [-0.39, 0.29) is 16.8 Å². The largest absolute Gasteiger partial charge is 0.459 e. The van der Waals surface area contributed by atoms with Gasteiger partial charge in [0.1, 0.15) is 60.5 Å². The lowest BCUT2D eigenvalue weighted by atomic mass is 10.1. The molecular weight excluding hydrogens is 857 g/mol. The van der Waals surface area contributed by atoms with E-state index >= 15 is 0 Å². The highest BCUT2D eigenvalue weighted by Crippen LogP contribution is 2.40. The standard InChI is InChI=1S/C18H25N7O5SSi2.C14H23N5O5Si2/c1-32(2)26-7-11-13(29-33(3,4)30-32)14(28-18(31)24-6-5-20-9-24)17(27-11)25-10-23-12-15(19)21-8-22-16(12)25;1-25(2)21-5-8-11(23-26(3,4)24-25)10(20)14(22-8)19-7-18-9-12(15)16-6-17-13(9)19/h5-6,8-11,13-14,17H,7H2,1-4H3,(H2,19,21,22);6-8,10-11,14,20H,5H2,1-4H3,(H2,15,16,17). The van der Waals surface area contributed by atoms with Crippen molar-refractivity contribution in [1.29, 1.82) is 0 Å². The minimum atomic E-state index is -2.59. The monoisotopic (exact) mass is 904 g/mol. The number of fused-ring (bicyclic) bond motifs is 4. The van der Waals surface area contributed by atoms with E-state index < -0.39 is 83.3 Å². The zero-order valence-corrected chi connectivity index (χ0v) is 38.5. The van der Waals surface area contributed by atoms with Gasteiger partial charge in [-0.3, -0.25) is 13.7 Å². The van der Waals surface area contributed by atoms with Crippen molar-refractivity contribution in [1.82, 2.24) is 48.6 Å². The molecule has 8 unspecified atom stereocenters. The van der Waals surface area contributed by atoms with Gasteiger partial charge in [-0.05, 0) is 64.6 Å². The summed E-state index contributed by atoms with van der Waals surface area (Å²) in [5.41, 5.74) is 13.8. The van der Waals surface area contributed by atoms with E-state index in [0.717, 1.165) is 0 Å². The van der Waals surface area contributed by atoms with Crippen molar-refractivity contribution in [3.63, 3.8) is 0 Å². The highest BCUT2D eigenvalue weighted by atomic mass is 32.1. The molecule has 0 bridgehead atoms. The first-order chi connectivity index (χ1) is 27.8. The Morgan fingerprint density at radius 2 is 1.22 bits per heavy atom. The second kappa shape index (κ2) is 15.6. The van der Waals surface area contributed by atoms with E-state index in [2.05, 4.69) is 34.9 Å². The molecule has 9 heterocycles. The van der Waals surface area contributed by atoms with Gasteiger partial charge < -0.3 is 56.7 Å². The minimum absolute atomic E-state index is 0.215. The van der Waals surface area contributed by atoms with Gasteiger partial charge in [-0.25, -0.2) is 34.9 Å². The number of hydrogen-bond acceptors (Lipinski definition) is 20. The van der Waals surface area contributed by atoms with Crippen LogP contribution in [-0.2, 0) is 40.1 Å². The molecule has 27 heteroatoms. The van der Waals surface area contributed by atoms with Crippen LogP contribution in [0.25, 0.3) is 22.3 Å². The molecular formula is C32H48N12O10SSi4. The molecule has 4 aliphatic heterocycles. The molecule has 0 radical (unpaired) electrons. The van der Waals surface area contributed by atoms with Gasteiger partial charge in [0.15, 0.2) is 41.5 Å². The van der Waals surface area contributed by atoms with E-state index in [1.165, 1.54) is 12.7 Å². The summed E-state index contributed by atoms with van der Waals surface area (Å²) in [6.07, 6.45) is 6.01. The summed E-state index contributed by atoms with van der Waals surface area (Å²) in [6, 6.07) is 0. The molecule has 0 aromatic carbocycles. The van der Waals surface area contributed by atoms with E-state index in [1.54, 1.807) is 45.1 Å². The summed E-state index contributed by atoms with van der Waals surface area (Å²) in [6.45, 7) is 16.5. The Morgan fingerprint density at radius 3 is 1.76 bits per heavy atom. The number of aliphatic hydroxyl groups is 1. The average molecular weight is 905 g/mol. The molecule has 5 aromatic rings. The van der Waals surface area contributed by atoms with Crippen molar-refractivity contribution >= 4 is 85.6 Å². The number of aromatic nitrogens is 10. The van der Waals surface area contributed by atoms with Crippen LogP contribution in [0.2, 0.25) is 52.4 Å². The van der Waals surface area contributed by atoms with E-state index in [4.69, 9.17) is 63.8 Å². The van der Waals surface area contributed by atoms with Crippen molar-refractivity contribution in [2.45, 2.75) is 101 Å². The number of nitrogen functional groups attached to an aromatic ring is 2. The summed E-state index contributed by atoms with van der Waals surface area (Å²) >= 11 is 5.53. The fourth-order valence-corrected chi connectivity index (χ4v) is 21.3. The minimum Gasteiger partial charge on any atom is -0.459 e. The Hall–Kier alpha value is -3.69. The van der Waals surface area contributed by atoms with Gasteiger partial charge in [0.05, 0.1) is 25.9 Å². The molecule has 8 atom stereocenters. The predicted octanol–water partition coefficient (Wildman–Crippen LogP) is 2.06. The van der Waals surface area contributed by atoms with Gasteiger partial charge in [-0.1, -0.05) is 0 Å². The van der Waals surface area contributed by atoms with Crippen LogP contribution in [0.3, 0.4) is 0 Å². The first-order valence-electron chi connectivity index (χ1n) is 18.9. The molecule has 0 spiro atoms. The van der Waals surface area contributed by atoms with Crippen LogP contribution in [-0.4, -0.2) is 143 Å². The Balaban J connectivity index is 0.000000169. The van der Waals surface area contributed by atoms with E-state index in [9.17, 15) is 5.11 Å². The average Bonchev–Trinajstić information content (AvgIpc) is 3.98. The maximum Gasteiger partial charge on any atom is 0.323 e. The molecule has 59 heavy (non-hydrogen) atoms. The zero-order valence-electron chi connectivity index (χ0n) is 33.7. The molecule has 0 saturated carbocycles. The van der Waals surface area contributed by atoms with E-state index in [0.29, 0.717) is 35.5 Å². The van der Waals surface area contributed by atoms with Crippen molar-refractivity contribution < 1.29 is 45.3 Å². The van der Waals surface area contributed by atoms with Gasteiger partial charge in [0.25, 0.3) is 5.17 Å². The highest BCUT2D eigenvalue weighted by molar-refractivity contribution is 7.80. The first-order valence-corrected chi connectivity index (χ1v) is 30.6. The Kier molecular flexibility index (Phi) is 11.1. The van der Waals surface area contributed by atoms with Crippen molar-refractivity contribution in [2.75, 3.05) is 24.7 Å². The van der Waals surface area contributed by atoms with Gasteiger partial charge in [0.2, 0.25) is 0 Å². The van der Waals surface area contributed by atoms with Crippen molar-refractivity contribution in [3.8, 4) is 0 Å². The second-order valence-corrected chi connectivity index (χ2v) is 30.4. The molecule has 318 valence electrons. The number of thiocarbonyl (C=S) groups is 1. The summed E-state index contributed by atoms with van der Waals surface area (Å²) in [5, 5.41) is 11.1. The number of nitrogens with two attached hydrogens (primary N) is 2. The number of ether oxygens (including phenoxy) is 3. The number of aliphatic hydroxyl groups excluding tert-OH is 1. The predicted molar refractivity (Wildman–Crippen MR) is 222 cm³/mol. The van der Waals surface area contributed by atoms with Crippen molar-refractivity contribution in [3.05, 3.63) is 44.0 Å². The summed E-state index contributed by atoms with van der Waals surface area (Å²) in [7, 11) is -9.77. The Labute approximate surface area is 348 Å². The lowest BCUT2D eigenvalue weighted by Crippen LogP contribution is -2.57. The van der Waals surface area contributed by atoms with Gasteiger partial charge in [-0.15, -0.1) is 0 Å². The molecule has 5 aromatic heterocycles. The van der Waals surface area contributed by atoms with Crippen LogP contribution in [0, 0.1) is 0 Å². The van der Waals surface area contributed by atoms with Crippen molar-refractivity contribution in [2.24, 2.45) is 0 Å². The lowest BCUT2D eigenvalue weighted by molar-refractivity contribution is -0.0538. The van der Waals surface area contributed by atoms with Crippen LogP contribution in [0.1, 0.15) is 12.5 Å². The van der Waals surface area contributed by atoms with Crippen LogP contribution in [0.15, 0.2) is 44.0 Å². The van der Waals surface area contributed by atoms with Gasteiger partial charge in [-0.2, -0.15) is 0 Å². The number of rotatable bonds is 3. The molecule has 4 fully saturated rings. The Bertz CT molecular complexity index is 2320. The van der Waals surface area contributed by atoms with Gasteiger partial charge >= 0.3 is 34.2 Å². The summed E-state index contributed by atoms with van der Waals surface area (Å²) in [5.74, 6) is 0.560. The normalized spacial score (nSPS) is 30.9. The molecule has 0 amide bonds. The maximum absolute atomic E-state index is 10.9. The zero-order chi connectivity index (χ0) is 42.1. The maximum atomic E-state index is 10.9. The third-order valence-corrected chi connectivity index (χ3v) is 21.5. The van der Waals surface area contributed by atoms with Crippen LogP contribution in [0.4, 0.5) is 11.6 Å². The smallest absolute Gasteiger partial charge is 0.323 e. The molecule has 0 aliphatic carbocycles. The topological polar surface area (TPSA) is 260 Å². The molecule has 22 nitrogen and oxygen atoms in total. The summed E-state index contributed by atoms with van der Waals surface area (Å²) in [4.78, 5) is 29.2. The SMILES string of the molecule is C[Si]1(C)OCC2OC(n3cnc4c(N)ncnc43)C(O)C2O[Si](C)(C)O1.C[Si]1(C)OCC2OC(n3cnc4c(N)ncnc43)C(OC(=S)n3ccnc3)C2O[Si](C)(C)O1. The van der Waals surface area contributed by atoms with Crippen LogP contribution in [0.5, 0.6) is 0 Å². The van der Waals surface area contributed by atoms with Crippen LogP contribution >= 0.6 is 12.2 Å². The fourth-order valence-electron chi connectivity index (χ4n) is 7.73. The quantitative estimate of drug-likeness (QED) is 0.173.